The summed E-state index contributed by atoms with van der Waals surface area (Å²) in [6, 6.07) is 8.61. The van der Waals surface area contributed by atoms with Crippen LogP contribution in [0.1, 0.15) is 0 Å². The van der Waals surface area contributed by atoms with E-state index in [-0.39, 0.29) is 7.92 Å². The van der Waals surface area contributed by atoms with Gasteiger partial charge in [0.1, 0.15) is 0 Å². The lowest BCUT2D eigenvalue weighted by atomic mass is 10.3. The molecule has 0 unspecified atom stereocenters. The molecular formula is C10H16NP. The van der Waals surface area contributed by atoms with Crippen LogP contribution in [-0.4, -0.2) is 27.4 Å². The molecule has 0 fully saturated rings. The molecule has 0 N–H and O–H groups in total. The SMILES string of the molecule is CN(C)c1ccccc1P(C)C. The molecule has 2 heteroatoms. The third-order valence-corrected chi connectivity index (χ3v) is 3.19. The Bertz CT molecular complexity index is 229. The van der Waals surface area contributed by atoms with Gasteiger partial charge in [-0.25, -0.2) is 0 Å². The number of para-hydroxylation sites is 1. The molecule has 0 radical (unpaired) electrons. The van der Waals surface area contributed by atoms with Crippen LogP contribution in [0.4, 0.5) is 5.69 Å². The van der Waals surface area contributed by atoms with E-state index in [1.165, 1.54) is 11.0 Å². The van der Waals surface area contributed by atoms with Gasteiger partial charge in [-0.15, -0.1) is 0 Å². The van der Waals surface area contributed by atoms with Crippen molar-refractivity contribution in [2.45, 2.75) is 0 Å². The highest BCUT2D eigenvalue weighted by Crippen LogP contribution is 2.28. The molecule has 1 aromatic rings. The first-order chi connectivity index (χ1) is 5.63. The van der Waals surface area contributed by atoms with E-state index in [0.29, 0.717) is 0 Å². The van der Waals surface area contributed by atoms with E-state index in [9.17, 15) is 0 Å². The second-order valence-electron chi connectivity index (χ2n) is 3.28. The van der Waals surface area contributed by atoms with Crippen LogP contribution in [-0.2, 0) is 0 Å². The normalized spacial score (nSPS) is 10.4. The van der Waals surface area contributed by atoms with Crippen molar-refractivity contribution in [2.75, 3.05) is 32.3 Å². The molecule has 66 valence electrons. The van der Waals surface area contributed by atoms with E-state index in [4.69, 9.17) is 0 Å². The number of nitrogens with zero attached hydrogens (tertiary/aromatic N) is 1. The van der Waals surface area contributed by atoms with Crippen molar-refractivity contribution in [2.24, 2.45) is 0 Å². The van der Waals surface area contributed by atoms with Gasteiger partial charge in [-0.2, -0.15) is 0 Å². The number of hydrogen-bond donors (Lipinski definition) is 0. The zero-order valence-corrected chi connectivity index (χ0v) is 9.10. The van der Waals surface area contributed by atoms with Gasteiger partial charge in [0.25, 0.3) is 0 Å². The second kappa shape index (κ2) is 3.91. The molecule has 0 aromatic heterocycles. The fourth-order valence-corrected chi connectivity index (χ4v) is 2.34. The molecule has 0 spiro atoms. The lowest BCUT2D eigenvalue weighted by molar-refractivity contribution is 1.14. The van der Waals surface area contributed by atoms with Crippen LogP contribution in [0.15, 0.2) is 24.3 Å². The van der Waals surface area contributed by atoms with Gasteiger partial charge in [-0.05, 0) is 24.7 Å². The molecule has 0 atom stereocenters. The molecule has 0 saturated carbocycles. The minimum Gasteiger partial charge on any atom is -0.377 e. The van der Waals surface area contributed by atoms with Crippen LogP contribution in [0.25, 0.3) is 0 Å². The van der Waals surface area contributed by atoms with Gasteiger partial charge in [0, 0.05) is 19.8 Å². The summed E-state index contributed by atoms with van der Waals surface area (Å²) in [4.78, 5) is 2.18. The van der Waals surface area contributed by atoms with Crippen molar-refractivity contribution in [3.8, 4) is 0 Å². The predicted molar refractivity (Wildman–Crippen MR) is 59.2 cm³/mol. The highest BCUT2D eigenvalue weighted by atomic mass is 31.1. The topological polar surface area (TPSA) is 3.24 Å². The van der Waals surface area contributed by atoms with Gasteiger partial charge in [-0.1, -0.05) is 26.1 Å². The maximum absolute atomic E-state index is 2.29. The van der Waals surface area contributed by atoms with E-state index in [1.807, 2.05) is 0 Å². The van der Waals surface area contributed by atoms with Gasteiger partial charge in [0.15, 0.2) is 0 Å². The molecule has 0 heterocycles. The average molecular weight is 181 g/mol. The van der Waals surface area contributed by atoms with Gasteiger partial charge in [0.05, 0.1) is 0 Å². The van der Waals surface area contributed by atoms with E-state index >= 15 is 0 Å². The molecule has 0 aliphatic carbocycles. The highest BCUT2D eigenvalue weighted by Gasteiger charge is 2.05. The first kappa shape index (κ1) is 9.54. The van der Waals surface area contributed by atoms with Crippen molar-refractivity contribution >= 4 is 18.9 Å². The summed E-state index contributed by atoms with van der Waals surface area (Å²) in [7, 11) is 4.20. The van der Waals surface area contributed by atoms with Crippen molar-refractivity contribution in [1.82, 2.24) is 0 Å². The van der Waals surface area contributed by atoms with Crippen molar-refractivity contribution in [3.05, 3.63) is 24.3 Å². The molecule has 0 saturated heterocycles. The largest absolute Gasteiger partial charge is 0.377 e. The monoisotopic (exact) mass is 181 g/mol. The Labute approximate surface area is 76.2 Å². The summed E-state index contributed by atoms with van der Waals surface area (Å²) >= 11 is 0. The minimum atomic E-state index is 0.00952. The van der Waals surface area contributed by atoms with E-state index < -0.39 is 0 Å². The van der Waals surface area contributed by atoms with Gasteiger partial charge in [0.2, 0.25) is 0 Å². The van der Waals surface area contributed by atoms with Crippen molar-refractivity contribution in [3.63, 3.8) is 0 Å². The Balaban J connectivity index is 3.09. The highest BCUT2D eigenvalue weighted by molar-refractivity contribution is 7.64. The zero-order valence-electron chi connectivity index (χ0n) is 8.20. The molecular weight excluding hydrogens is 165 g/mol. The smallest absolute Gasteiger partial charge is 0.0438 e. The van der Waals surface area contributed by atoms with Crippen molar-refractivity contribution < 1.29 is 0 Å². The van der Waals surface area contributed by atoms with Crippen LogP contribution >= 0.6 is 7.92 Å². The van der Waals surface area contributed by atoms with Gasteiger partial charge >= 0.3 is 0 Å². The molecule has 0 aliphatic heterocycles. The quantitative estimate of drug-likeness (QED) is 0.632. The molecule has 1 nitrogen and oxygen atoms in total. The van der Waals surface area contributed by atoms with E-state index in [2.05, 4.69) is 56.6 Å². The molecule has 1 aromatic carbocycles. The average Bonchev–Trinajstić information content (AvgIpc) is 2.04. The van der Waals surface area contributed by atoms with Gasteiger partial charge in [-0.3, -0.25) is 0 Å². The number of benzene rings is 1. The standard InChI is InChI=1S/C10H16NP/c1-11(2)9-7-5-6-8-10(9)12(3)4/h5-8H,1-4H3. The first-order valence-corrected chi connectivity index (χ1v) is 6.30. The molecule has 12 heavy (non-hydrogen) atoms. The maximum atomic E-state index is 2.29. The summed E-state index contributed by atoms with van der Waals surface area (Å²) in [5.74, 6) is 0. The third kappa shape index (κ3) is 1.98. The van der Waals surface area contributed by atoms with Crippen LogP contribution < -0.4 is 10.2 Å². The minimum absolute atomic E-state index is 0.00952. The summed E-state index contributed by atoms with van der Waals surface area (Å²) in [6.07, 6.45) is 0. The fourth-order valence-electron chi connectivity index (χ4n) is 1.22. The molecule has 1 rings (SSSR count). The number of hydrogen-bond acceptors (Lipinski definition) is 1. The second-order valence-corrected chi connectivity index (χ2v) is 5.55. The molecule has 0 amide bonds. The lowest BCUT2D eigenvalue weighted by Crippen LogP contribution is -2.17. The zero-order chi connectivity index (χ0) is 9.14. The van der Waals surface area contributed by atoms with Crippen molar-refractivity contribution in [1.29, 1.82) is 0 Å². The summed E-state index contributed by atoms with van der Waals surface area (Å²) in [6.45, 7) is 4.58. The first-order valence-electron chi connectivity index (χ1n) is 4.06. The molecule has 0 aliphatic rings. The van der Waals surface area contributed by atoms with Crippen LogP contribution in [0.3, 0.4) is 0 Å². The Kier molecular flexibility index (Phi) is 3.11. The van der Waals surface area contributed by atoms with Crippen LogP contribution in [0, 0.1) is 0 Å². The summed E-state index contributed by atoms with van der Waals surface area (Å²) < 4.78 is 0. The summed E-state index contributed by atoms with van der Waals surface area (Å²) in [5, 5.41) is 1.48. The van der Waals surface area contributed by atoms with Crippen LogP contribution in [0.5, 0.6) is 0 Å². The predicted octanol–water partition coefficient (Wildman–Crippen LogP) is 2.12. The molecule has 0 bridgehead atoms. The Morgan fingerprint density at radius 2 is 1.67 bits per heavy atom. The Hall–Kier alpha value is -0.550. The third-order valence-electron chi connectivity index (χ3n) is 1.85. The fraction of sp³-hybridized carbons (Fsp3) is 0.400. The van der Waals surface area contributed by atoms with Crippen LogP contribution in [0.2, 0.25) is 0 Å². The Morgan fingerprint density at radius 1 is 1.08 bits per heavy atom. The van der Waals surface area contributed by atoms with E-state index in [1.54, 1.807) is 0 Å². The Morgan fingerprint density at radius 3 is 2.08 bits per heavy atom. The number of anilines is 1. The number of rotatable bonds is 2. The van der Waals surface area contributed by atoms with E-state index in [0.717, 1.165) is 0 Å². The summed E-state index contributed by atoms with van der Waals surface area (Å²) in [5.41, 5.74) is 1.36. The maximum Gasteiger partial charge on any atom is 0.0438 e. The van der Waals surface area contributed by atoms with Gasteiger partial charge < -0.3 is 4.90 Å². The lowest BCUT2D eigenvalue weighted by Gasteiger charge is -2.19.